The van der Waals surface area contributed by atoms with Gasteiger partial charge in [-0.15, -0.1) is 0 Å². The van der Waals surface area contributed by atoms with Crippen molar-refractivity contribution in [3.63, 3.8) is 0 Å². The Labute approximate surface area is 128 Å². The first-order valence-corrected chi connectivity index (χ1v) is 7.73. The molecule has 0 aliphatic heterocycles. The molecule has 1 aromatic carbocycles. The molecule has 1 N–H and O–H groups in total. The third-order valence-corrected chi connectivity index (χ3v) is 4.41. The van der Waals surface area contributed by atoms with Crippen LogP contribution in [0.15, 0.2) is 24.3 Å². The summed E-state index contributed by atoms with van der Waals surface area (Å²) in [6.07, 6.45) is 3.30. The largest absolute Gasteiger partial charge is 0.317 e. The minimum absolute atomic E-state index is 0.506. The summed E-state index contributed by atoms with van der Waals surface area (Å²) in [6, 6.07) is 9.36. The normalized spacial score (nSPS) is 12.6. The van der Waals surface area contributed by atoms with Crippen molar-refractivity contribution in [3.05, 3.63) is 52.3 Å². The van der Waals surface area contributed by atoms with Crippen molar-refractivity contribution in [3.8, 4) is 0 Å². The molecule has 1 atom stereocenters. The first-order valence-electron chi connectivity index (χ1n) is 7.73. The zero-order valence-electron chi connectivity index (χ0n) is 13.9. The van der Waals surface area contributed by atoms with E-state index in [4.69, 9.17) is 0 Å². The van der Waals surface area contributed by atoms with E-state index in [2.05, 4.69) is 62.5 Å². The van der Waals surface area contributed by atoms with Crippen molar-refractivity contribution in [2.24, 2.45) is 7.05 Å². The number of rotatable bonds is 6. The molecule has 0 aliphatic carbocycles. The quantitative estimate of drug-likeness (QED) is 0.884. The summed E-state index contributed by atoms with van der Waals surface area (Å²) in [5.41, 5.74) is 6.58. The second-order valence-electron chi connectivity index (χ2n) is 5.99. The van der Waals surface area contributed by atoms with Crippen LogP contribution in [0.25, 0.3) is 0 Å². The van der Waals surface area contributed by atoms with Crippen LogP contribution in [0.2, 0.25) is 0 Å². The van der Waals surface area contributed by atoms with E-state index in [9.17, 15) is 0 Å². The summed E-state index contributed by atoms with van der Waals surface area (Å²) in [6.45, 7) is 6.40. The van der Waals surface area contributed by atoms with Gasteiger partial charge in [0.2, 0.25) is 0 Å². The fourth-order valence-corrected chi connectivity index (χ4v) is 2.85. The summed E-state index contributed by atoms with van der Waals surface area (Å²) in [7, 11) is 4.08. The first kappa shape index (κ1) is 15.8. The van der Waals surface area contributed by atoms with Crippen molar-refractivity contribution in [2.75, 3.05) is 7.05 Å². The monoisotopic (exact) mass is 285 g/mol. The van der Waals surface area contributed by atoms with Gasteiger partial charge in [-0.25, -0.2) is 0 Å². The molecular weight excluding hydrogens is 258 g/mol. The Bertz CT molecular complexity index is 581. The second kappa shape index (κ2) is 6.90. The van der Waals surface area contributed by atoms with Crippen LogP contribution in [0.4, 0.5) is 0 Å². The average molecular weight is 285 g/mol. The van der Waals surface area contributed by atoms with Gasteiger partial charge >= 0.3 is 0 Å². The lowest BCUT2D eigenvalue weighted by Crippen LogP contribution is -2.28. The van der Waals surface area contributed by atoms with Gasteiger partial charge in [0.1, 0.15) is 0 Å². The minimum atomic E-state index is 0.506. The molecule has 1 unspecified atom stereocenters. The molecule has 0 radical (unpaired) electrons. The van der Waals surface area contributed by atoms with Crippen LogP contribution in [-0.4, -0.2) is 22.9 Å². The molecule has 3 nitrogen and oxygen atoms in total. The van der Waals surface area contributed by atoms with Crippen molar-refractivity contribution >= 4 is 0 Å². The van der Waals surface area contributed by atoms with Crippen molar-refractivity contribution in [1.29, 1.82) is 0 Å². The van der Waals surface area contributed by atoms with Gasteiger partial charge < -0.3 is 5.32 Å². The molecule has 0 spiro atoms. The van der Waals surface area contributed by atoms with Crippen LogP contribution in [0.5, 0.6) is 0 Å². The van der Waals surface area contributed by atoms with Gasteiger partial charge in [0.05, 0.1) is 5.69 Å². The van der Waals surface area contributed by atoms with E-state index in [0.29, 0.717) is 6.04 Å². The molecule has 0 fully saturated rings. The maximum absolute atomic E-state index is 4.50. The van der Waals surface area contributed by atoms with E-state index >= 15 is 0 Å². The molecular formula is C18H27N3. The summed E-state index contributed by atoms with van der Waals surface area (Å²) < 4.78 is 1.99. The first-order chi connectivity index (χ1) is 10.0. The number of benzene rings is 1. The lowest BCUT2D eigenvalue weighted by atomic mass is 9.98. The Kier molecular flexibility index (Phi) is 5.18. The highest BCUT2D eigenvalue weighted by Gasteiger charge is 2.13. The van der Waals surface area contributed by atoms with Gasteiger partial charge in [-0.1, -0.05) is 29.8 Å². The van der Waals surface area contributed by atoms with E-state index in [1.165, 1.54) is 28.1 Å². The molecule has 3 heteroatoms. The van der Waals surface area contributed by atoms with Gasteiger partial charge in [0.15, 0.2) is 0 Å². The molecule has 21 heavy (non-hydrogen) atoms. The maximum Gasteiger partial charge on any atom is 0.0628 e. The van der Waals surface area contributed by atoms with Crippen LogP contribution in [0.3, 0.4) is 0 Å². The predicted molar refractivity (Wildman–Crippen MR) is 88.7 cm³/mol. The summed E-state index contributed by atoms with van der Waals surface area (Å²) in [5.74, 6) is 0. The van der Waals surface area contributed by atoms with E-state index in [1.54, 1.807) is 0 Å². The van der Waals surface area contributed by atoms with E-state index in [1.807, 2.05) is 11.7 Å². The van der Waals surface area contributed by atoms with E-state index < -0.39 is 0 Å². The molecule has 1 heterocycles. The van der Waals surface area contributed by atoms with Gasteiger partial charge in [0.25, 0.3) is 0 Å². The Balaban J connectivity index is 1.98. The molecule has 1 aromatic heterocycles. The van der Waals surface area contributed by atoms with Gasteiger partial charge in [-0.3, -0.25) is 4.68 Å². The Morgan fingerprint density at radius 3 is 2.33 bits per heavy atom. The molecule has 114 valence electrons. The summed E-state index contributed by atoms with van der Waals surface area (Å²) >= 11 is 0. The highest BCUT2D eigenvalue weighted by atomic mass is 15.3. The number of nitrogens with zero attached hydrogens (tertiary/aromatic N) is 2. The number of likely N-dealkylation sites (N-methyl/N-ethyl adjacent to an activating group) is 1. The van der Waals surface area contributed by atoms with Gasteiger partial charge in [-0.2, -0.15) is 5.10 Å². The molecule has 0 bridgehead atoms. The summed E-state index contributed by atoms with van der Waals surface area (Å²) in [5, 5.41) is 7.96. The topological polar surface area (TPSA) is 29.9 Å². The van der Waals surface area contributed by atoms with Crippen LogP contribution in [0.1, 0.15) is 34.5 Å². The fourth-order valence-electron chi connectivity index (χ4n) is 2.85. The third kappa shape index (κ3) is 3.94. The zero-order valence-corrected chi connectivity index (χ0v) is 13.9. The number of aromatic nitrogens is 2. The van der Waals surface area contributed by atoms with E-state index in [-0.39, 0.29) is 0 Å². The molecule has 2 rings (SSSR count). The van der Waals surface area contributed by atoms with Crippen molar-refractivity contribution in [1.82, 2.24) is 15.1 Å². The lowest BCUT2D eigenvalue weighted by molar-refractivity contribution is 0.519. The second-order valence-corrected chi connectivity index (χ2v) is 5.99. The minimum Gasteiger partial charge on any atom is -0.317 e. The van der Waals surface area contributed by atoms with Crippen molar-refractivity contribution in [2.45, 2.75) is 46.1 Å². The Morgan fingerprint density at radius 1 is 1.14 bits per heavy atom. The Hall–Kier alpha value is -1.61. The average Bonchev–Trinajstić information content (AvgIpc) is 2.71. The maximum atomic E-state index is 4.50. The Morgan fingerprint density at radius 2 is 1.81 bits per heavy atom. The molecule has 0 saturated carbocycles. The number of hydrogen-bond acceptors (Lipinski definition) is 2. The van der Waals surface area contributed by atoms with Crippen LogP contribution < -0.4 is 5.32 Å². The predicted octanol–water partition coefficient (Wildman–Crippen LogP) is 3.11. The highest BCUT2D eigenvalue weighted by molar-refractivity contribution is 5.25. The molecule has 0 saturated heterocycles. The molecule has 2 aromatic rings. The van der Waals surface area contributed by atoms with Crippen molar-refractivity contribution < 1.29 is 0 Å². The molecule has 0 amide bonds. The third-order valence-electron chi connectivity index (χ3n) is 4.41. The highest BCUT2D eigenvalue weighted by Crippen LogP contribution is 2.16. The number of nitrogens with one attached hydrogen (secondary N) is 1. The summed E-state index contributed by atoms with van der Waals surface area (Å²) in [4.78, 5) is 0. The lowest BCUT2D eigenvalue weighted by Gasteiger charge is -2.16. The van der Waals surface area contributed by atoms with Crippen LogP contribution >= 0.6 is 0 Å². The fraction of sp³-hybridized carbons (Fsp3) is 0.500. The van der Waals surface area contributed by atoms with E-state index in [0.717, 1.165) is 19.3 Å². The van der Waals surface area contributed by atoms with Gasteiger partial charge in [0, 0.05) is 18.8 Å². The number of hydrogen-bond donors (Lipinski definition) is 1. The van der Waals surface area contributed by atoms with Crippen LogP contribution in [0, 0.1) is 20.8 Å². The van der Waals surface area contributed by atoms with Gasteiger partial charge in [-0.05, 0) is 58.2 Å². The standard InChI is InChI=1S/C18H27N3/c1-13-6-8-16(9-7-13)12-17(19-4)10-11-18-14(2)20-21(5)15(18)3/h6-9,17,19H,10-12H2,1-5H3. The molecule has 0 aliphatic rings. The smallest absolute Gasteiger partial charge is 0.0628 e. The van der Waals surface area contributed by atoms with Crippen LogP contribution in [-0.2, 0) is 19.9 Å². The SMILES string of the molecule is CNC(CCc1c(C)nn(C)c1C)Cc1ccc(C)cc1. The number of aryl methyl sites for hydroxylation is 3. The zero-order chi connectivity index (χ0) is 15.4.